The molecule has 4 aromatic carbocycles. The highest BCUT2D eigenvalue weighted by molar-refractivity contribution is 7.01. The van der Waals surface area contributed by atoms with Crippen molar-refractivity contribution in [2.75, 3.05) is 9.80 Å². The van der Waals surface area contributed by atoms with Crippen molar-refractivity contribution in [3.63, 3.8) is 0 Å². The van der Waals surface area contributed by atoms with Gasteiger partial charge in [-0.2, -0.15) is 0 Å². The second-order valence-corrected chi connectivity index (χ2v) is 17.5. The van der Waals surface area contributed by atoms with Gasteiger partial charge in [-0.3, -0.25) is 4.90 Å². The number of hydrogen-bond acceptors (Lipinski definition) is 3. The summed E-state index contributed by atoms with van der Waals surface area (Å²) < 4.78 is 6.98. The zero-order valence-corrected chi connectivity index (χ0v) is 29.6. The molecule has 1 fully saturated rings. The molecule has 0 saturated heterocycles. The normalized spacial score (nSPS) is 22.7. The van der Waals surface area contributed by atoms with Crippen LogP contribution in [0.2, 0.25) is 0 Å². The number of aryl methyl sites for hydroxylation is 1. The minimum absolute atomic E-state index is 0.00328. The molecule has 2 atom stereocenters. The zero-order chi connectivity index (χ0) is 32.8. The largest absolute Gasteiger partial charge is 0.440 e. The van der Waals surface area contributed by atoms with Gasteiger partial charge in [0.2, 0.25) is 5.88 Å². The highest BCUT2D eigenvalue weighted by Crippen LogP contribution is 2.62. The van der Waals surface area contributed by atoms with E-state index in [4.69, 9.17) is 4.42 Å². The van der Waals surface area contributed by atoms with Gasteiger partial charge in [-0.15, -0.1) is 0 Å². The topological polar surface area (TPSA) is 19.6 Å². The predicted octanol–water partition coefficient (Wildman–Crippen LogP) is 9.69. The number of hydrogen-bond donors (Lipinski definition) is 0. The molecule has 47 heavy (non-hydrogen) atoms. The summed E-state index contributed by atoms with van der Waals surface area (Å²) in [6.45, 7) is 21.5. The van der Waals surface area contributed by atoms with E-state index in [1.54, 1.807) is 5.56 Å². The molecule has 0 radical (unpaired) electrons. The molecule has 5 aromatic rings. The maximum absolute atomic E-state index is 6.98. The van der Waals surface area contributed by atoms with E-state index in [1.165, 1.54) is 81.2 Å². The summed E-state index contributed by atoms with van der Waals surface area (Å²) in [6.07, 6.45) is 5.00. The van der Waals surface area contributed by atoms with E-state index in [0.717, 1.165) is 17.2 Å². The molecule has 0 amide bonds. The molecule has 9 rings (SSSR count). The van der Waals surface area contributed by atoms with Crippen LogP contribution >= 0.6 is 0 Å². The molecule has 0 bridgehead atoms. The molecule has 3 nitrogen and oxygen atoms in total. The molecule has 4 heterocycles. The second kappa shape index (κ2) is 9.16. The fraction of sp³-hybridized carbons (Fsp3) is 0.395. The molecule has 4 aliphatic rings. The number of para-hydroxylation sites is 1. The molecule has 2 unspecified atom stereocenters. The summed E-state index contributed by atoms with van der Waals surface area (Å²) in [4.78, 5) is 5.27. The molecular weight excluding hydrogens is 571 g/mol. The van der Waals surface area contributed by atoms with Crippen LogP contribution in [0, 0.1) is 6.92 Å². The Hall–Kier alpha value is -3.92. The van der Waals surface area contributed by atoms with Gasteiger partial charge in [-0.25, -0.2) is 0 Å². The maximum Gasteiger partial charge on any atom is 0.257 e. The van der Waals surface area contributed by atoms with E-state index >= 15 is 0 Å². The monoisotopic (exact) mass is 618 g/mol. The lowest BCUT2D eigenvalue weighted by molar-refractivity contribution is 0.195. The number of anilines is 5. The van der Waals surface area contributed by atoms with Crippen LogP contribution in [-0.2, 0) is 16.2 Å². The third-order valence-electron chi connectivity index (χ3n) is 12.6. The van der Waals surface area contributed by atoms with Gasteiger partial charge in [0.25, 0.3) is 6.71 Å². The Kier molecular flexibility index (Phi) is 5.70. The first-order valence-electron chi connectivity index (χ1n) is 17.8. The van der Waals surface area contributed by atoms with Crippen molar-refractivity contribution in [3.05, 3.63) is 95.1 Å². The van der Waals surface area contributed by atoms with E-state index in [1.807, 2.05) is 0 Å². The van der Waals surface area contributed by atoms with Crippen LogP contribution in [-0.4, -0.2) is 12.3 Å². The third kappa shape index (κ3) is 3.71. The molecule has 3 aliphatic heterocycles. The number of benzene rings is 4. The highest BCUT2D eigenvalue weighted by Gasteiger charge is 2.62. The van der Waals surface area contributed by atoms with Crippen molar-refractivity contribution < 1.29 is 4.42 Å². The van der Waals surface area contributed by atoms with Crippen molar-refractivity contribution in [2.45, 2.75) is 110 Å². The Morgan fingerprint density at radius 1 is 0.745 bits per heavy atom. The summed E-state index contributed by atoms with van der Waals surface area (Å²) in [5, 5.41) is 1.22. The Balaban J connectivity index is 1.42. The molecular formula is C43H47BN2O. The first-order valence-corrected chi connectivity index (χ1v) is 17.8. The summed E-state index contributed by atoms with van der Waals surface area (Å²) in [7, 11) is 0. The van der Waals surface area contributed by atoms with Crippen LogP contribution in [0.4, 0.5) is 28.6 Å². The molecule has 238 valence electrons. The number of fused-ring (bicyclic) bond motifs is 9. The fourth-order valence-corrected chi connectivity index (χ4v) is 9.74. The van der Waals surface area contributed by atoms with Gasteiger partial charge >= 0.3 is 0 Å². The van der Waals surface area contributed by atoms with Gasteiger partial charge in [0.15, 0.2) is 0 Å². The van der Waals surface area contributed by atoms with E-state index in [9.17, 15) is 0 Å². The molecule has 1 aromatic heterocycles. The van der Waals surface area contributed by atoms with Crippen LogP contribution in [0.15, 0.2) is 77.2 Å². The third-order valence-corrected chi connectivity index (χ3v) is 12.6. The fourth-order valence-electron chi connectivity index (χ4n) is 9.74. The average molecular weight is 619 g/mol. The quantitative estimate of drug-likeness (QED) is 0.171. The van der Waals surface area contributed by atoms with Crippen molar-refractivity contribution in [1.29, 1.82) is 0 Å². The van der Waals surface area contributed by atoms with Crippen molar-refractivity contribution in [1.82, 2.24) is 0 Å². The van der Waals surface area contributed by atoms with E-state index in [2.05, 4.69) is 145 Å². The number of rotatable bonds is 1. The lowest BCUT2D eigenvalue weighted by Gasteiger charge is -2.52. The summed E-state index contributed by atoms with van der Waals surface area (Å²) >= 11 is 0. The van der Waals surface area contributed by atoms with Crippen LogP contribution in [0.1, 0.15) is 103 Å². The van der Waals surface area contributed by atoms with Gasteiger partial charge in [0.1, 0.15) is 5.58 Å². The SMILES string of the molecule is Cc1cc2c3c(c1)N1c4c(cc(C(C)(C)C)cc4C4(C)CCCCC14C)B3c1c(oc3ccccc13)N2c1ccc(C(C)(C)C)cc1. The van der Waals surface area contributed by atoms with E-state index in [-0.39, 0.29) is 28.5 Å². The number of nitrogens with zero attached hydrogens (tertiary/aromatic N) is 2. The standard InChI is InChI=1S/C43H47BN2O/c1-26-22-33-37-34(23-26)46-38-31(42(8)20-12-13-21-43(42,46)9)24-28(41(5,6)7)25-32(38)44(37)36-30-14-10-11-15-35(30)47-39(36)45(33)29-18-16-27(17-19-29)40(2,3)4/h10-11,14-19,22-25H,12-13,20-21H2,1-9H3. The van der Waals surface area contributed by atoms with Gasteiger partial charge in [-0.05, 0) is 101 Å². The van der Waals surface area contributed by atoms with E-state index in [0.29, 0.717) is 0 Å². The van der Waals surface area contributed by atoms with Crippen LogP contribution < -0.4 is 26.2 Å². The van der Waals surface area contributed by atoms with Crippen LogP contribution in [0.25, 0.3) is 11.0 Å². The van der Waals surface area contributed by atoms with Crippen molar-refractivity contribution >= 4 is 62.7 Å². The second-order valence-electron chi connectivity index (χ2n) is 17.5. The minimum atomic E-state index is 0.00328. The van der Waals surface area contributed by atoms with Crippen molar-refractivity contribution in [2.24, 2.45) is 0 Å². The van der Waals surface area contributed by atoms with Gasteiger partial charge in [0, 0.05) is 39.0 Å². The summed E-state index contributed by atoms with van der Waals surface area (Å²) in [5.41, 5.74) is 16.2. The molecule has 4 heteroatoms. The Morgan fingerprint density at radius 3 is 2.15 bits per heavy atom. The maximum atomic E-state index is 6.98. The summed E-state index contributed by atoms with van der Waals surface area (Å²) in [5.74, 6) is 0.958. The predicted molar refractivity (Wildman–Crippen MR) is 200 cm³/mol. The van der Waals surface area contributed by atoms with Gasteiger partial charge in [0.05, 0.1) is 5.54 Å². The number of furan rings is 1. The smallest absolute Gasteiger partial charge is 0.257 e. The molecule has 0 spiro atoms. The van der Waals surface area contributed by atoms with Crippen LogP contribution in [0.3, 0.4) is 0 Å². The molecule has 1 aliphatic carbocycles. The molecule has 0 N–H and O–H groups in total. The Bertz CT molecular complexity index is 2130. The molecule has 1 saturated carbocycles. The lowest BCUT2D eigenvalue weighted by Crippen LogP contribution is -2.64. The average Bonchev–Trinajstić information content (AvgIpc) is 3.49. The Labute approximate surface area is 281 Å². The van der Waals surface area contributed by atoms with E-state index < -0.39 is 0 Å². The first-order chi connectivity index (χ1) is 22.2. The first kappa shape index (κ1) is 29.2. The highest BCUT2D eigenvalue weighted by atomic mass is 16.4. The van der Waals surface area contributed by atoms with Crippen molar-refractivity contribution in [3.8, 4) is 0 Å². The Morgan fingerprint density at radius 2 is 1.43 bits per heavy atom. The lowest BCUT2D eigenvalue weighted by atomic mass is 9.33. The van der Waals surface area contributed by atoms with Gasteiger partial charge < -0.3 is 9.32 Å². The van der Waals surface area contributed by atoms with Crippen LogP contribution in [0.5, 0.6) is 0 Å². The minimum Gasteiger partial charge on any atom is -0.440 e. The summed E-state index contributed by atoms with van der Waals surface area (Å²) in [6, 6.07) is 28.0. The zero-order valence-electron chi connectivity index (χ0n) is 29.6. The van der Waals surface area contributed by atoms with Gasteiger partial charge in [-0.1, -0.05) is 104 Å².